The Bertz CT molecular complexity index is 1420. The van der Waals surface area contributed by atoms with Gasteiger partial charge in [0.1, 0.15) is 5.25 Å². The summed E-state index contributed by atoms with van der Waals surface area (Å²) in [6.07, 6.45) is 0. The zero-order valence-electron chi connectivity index (χ0n) is 20.1. The van der Waals surface area contributed by atoms with E-state index >= 15 is 0 Å². The maximum absolute atomic E-state index is 13.6. The van der Waals surface area contributed by atoms with Gasteiger partial charge in [0.25, 0.3) is 0 Å². The van der Waals surface area contributed by atoms with Crippen LogP contribution in [0.2, 0.25) is 0 Å². The van der Waals surface area contributed by atoms with Crippen molar-refractivity contribution in [2.45, 2.75) is 30.3 Å². The van der Waals surface area contributed by atoms with Crippen LogP contribution in [0.25, 0.3) is 11.4 Å². The van der Waals surface area contributed by atoms with E-state index in [0.29, 0.717) is 16.5 Å². The van der Waals surface area contributed by atoms with Crippen LogP contribution < -0.4 is 10.7 Å². The number of carbonyl (C=O) groups excluding carboxylic acids is 2. The highest BCUT2D eigenvalue weighted by atomic mass is 32.2. The summed E-state index contributed by atoms with van der Waals surface area (Å²) in [6, 6.07) is 22.3. The summed E-state index contributed by atoms with van der Waals surface area (Å²) in [7, 11) is 1.35. The number of amides is 1. The third kappa shape index (κ3) is 4.57. The Morgan fingerprint density at radius 2 is 1.75 bits per heavy atom. The lowest BCUT2D eigenvalue weighted by Gasteiger charge is -2.33. The summed E-state index contributed by atoms with van der Waals surface area (Å²) in [5, 5.41) is 11.9. The maximum atomic E-state index is 13.6. The van der Waals surface area contributed by atoms with Gasteiger partial charge in [0, 0.05) is 11.3 Å². The summed E-state index contributed by atoms with van der Waals surface area (Å²) >= 11 is 1.35. The number of hydrogen-bond donors (Lipinski definition) is 2. The molecule has 0 spiro atoms. The number of anilines is 1. The molecule has 5 rings (SSSR count). The highest BCUT2D eigenvalue weighted by Gasteiger charge is 2.38. The van der Waals surface area contributed by atoms with E-state index in [1.165, 1.54) is 18.9 Å². The minimum absolute atomic E-state index is 0.156. The van der Waals surface area contributed by atoms with Gasteiger partial charge in [-0.2, -0.15) is 0 Å². The Hall–Kier alpha value is -4.11. The van der Waals surface area contributed by atoms with Crippen molar-refractivity contribution in [2.24, 2.45) is 0 Å². The Morgan fingerprint density at radius 3 is 2.44 bits per heavy atom. The smallest absolute Gasteiger partial charge is 0.337 e. The van der Waals surface area contributed by atoms with Gasteiger partial charge < -0.3 is 15.5 Å². The van der Waals surface area contributed by atoms with E-state index in [-0.39, 0.29) is 5.91 Å². The molecule has 1 amide bonds. The van der Waals surface area contributed by atoms with Gasteiger partial charge in [0.15, 0.2) is 5.82 Å². The van der Waals surface area contributed by atoms with Gasteiger partial charge in [-0.3, -0.25) is 4.79 Å². The molecule has 36 heavy (non-hydrogen) atoms. The molecule has 2 N–H and O–H groups in total. The summed E-state index contributed by atoms with van der Waals surface area (Å²) < 4.78 is 6.64. The lowest BCUT2D eigenvalue weighted by molar-refractivity contribution is -0.116. The fraction of sp³-hybridized carbons (Fsp3) is 0.185. The molecule has 0 aliphatic carbocycles. The van der Waals surface area contributed by atoms with E-state index < -0.39 is 17.3 Å². The van der Waals surface area contributed by atoms with Crippen LogP contribution in [0.4, 0.5) is 5.69 Å². The van der Waals surface area contributed by atoms with Gasteiger partial charge in [-0.05, 0) is 43.2 Å². The predicted octanol–water partition coefficient (Wildman–Crippen LogP) is 4.75. The molecule has 2 atom stereocenters. The third-order valence-electron chi connectivity index (χ3n) is 6.06. The molecule has 8 nitrogen and oxygen atoms in total. The number of carbonyl (C=O) groups is 2. The van der Waals surface area contributed by atoms with E-state index in [4.69, 9.17) is 4.74 Å². The molecule has 0 unspecified atom stereocenters. The minimum Gasteiger partial charge on any atom is -0.465 e. The van der Waals surface area contributed by atoms with Crippen LogP contribution in [0.3, 0.4) is 0 Å². The second-order valence-corrected chi connectivity index (χ2v) is 9.68. The van der Waals surface area contributed by atoms with Crippen molar-refractivity contribution in [3.8, 4) is 11.4 Å². The molecule has 3 aromatic carbocycles. The number of rotatable bonds is 5. The van der Waals surface area contributed by atoms with Crippen LogP contribution >= 0.6 is 11.8 Å². The zero-order chi connectivity index (χ0) is 25.2. The van der Waals surface area contributed by atoms with Crippen molar-refractivity contribution >= 4 is 29.3 Å². The van der Waals surface area contributed by atoms with Crippen molar-refractivity contribution in [3.05, 3.63) is 95.1 Å². The molecule has 1 aliphatic heterocycles. The molecule has 4 aromatic rings. The number of esters is 1. The van der Waals surface area contributed by atoms with Crippen molar-refractivity contribution in [3.63, 3.8) is 0 Å². The summed E-state index contributed by atoms with van der Waals surface area (Å²) in [4.78, 5) is 25.5. The predicted molar refractivity (Wildman–Crippen MR) is 140 cm³/mol. The fourth-order valence-electron chi connectivity index (χ4n) is 4.18. The number of aryl methyl sites for hydroxylation is 2. The maximum Gasteiger partial charge on any atom is 0.337 e. The SMILES string of the molecule is COC(=O)c1ccc([C@@H]2Nn3c(nnc3-c3ccccc3)S[C@@H]2C(=O)Nc2ccc(C)cc2C)cc1. The molecule has 2 heterocycles. The van der Waals surface area contributed by atoms with Crippen LogP contribution in [-0.4, -0.2) is 39.1 Å². The van der Waals surface area contributed by atoms with Gasteiger partial charge in [-0.25, -0.2) is 9.47 Å². The monoisotopic (exact) mass is 499 g/mol. The van der Waals surface area contributed by atoms with Crippen molar-refractivity contribution < 1.29 is 14.3 Å². The zero-order valence-corrected chi connectivity index (χ0v) is 20.9. The first kappa shape index (κ1) is 23.6. The quantitative estimate of drug-likeness (QED) is 0.383. The van der Waals surface area contributed by atoms with Gasteiger partial charge in [0.2, 0.25) is 11.1 Å². The molecule has 0 saturated heterocycles. The second-order valence-electron chi connectivity index (χ2n) is 8.57. The molecule has 0 saturated carbocycles. The number of hydrogen-bond acceptors (Lipinski definition) is 7. The van der Waals surface area contributed by atoms with Crippen LogP contribution in [0.5, 0.6) is 0 Å². The van der Waals surface area contributed by atoms with Gasteiger partial charge >= 0.3 is 5.97 Å². The Kier molecular flexibility index (Phi) is 6.47. The third-order valence-corrected chi connectivity index (χ3v) is 7.27. The van der Waals surface area contributed by atoms with E-state index in [9.17, 15) is 9.59 Å². The van der Waals surface area contributed by atoms with E-state index in [2.05, 4.69) is 20.9 Å². The normalized spacial score (nSPS) is 16.5. The number of nitrogens with zero attached hydrogens (tertiary/aromatic N) is 3. The van der Waals surface area contributed by atoms with Crippen LogP contribution in [-0.2, 0) is 9.53 Å². The first-order valence-corrected chi connectivity index (χ1v) is 12.3. The van der Waals surface area contributed by atoms with Gasteiger partial charge in [0.05, 0.1) is 18.7 Å². The number of methoxy groups -OCH3 is 1. The Labute approximate surface area is 213 Å². The van der Waals surface area contributed by atoms with Crippen molar-refractivity contribution in [1.29, 1.82) is 0 Å². The van der Waals surface area contributed by atoms with Gasteiger partial charge in [-0.15, -0.1) is 10.2 Å². The molecule has 182 valence electrons. The fourth-order valence-corrected chi connectivity index (χ4v) is 5.26. The van der Waals surface area contributed by atoms with Crippen molar-refractivity contribution in [1.82, 2.24) is 14.9 Å². The van der Waals surface area contributed by atoms with Crippen LogP contribution in [0.15, 0.2) is 78.0 Å². The molecule has 0 radical (unpaired) electrons. The molecule has 0 bridgehead atoms. The first-order chi connectivity index (χ1) is 17.4. The second kappa shape index (κ2) is 9.87. The highest BCUT2D eigenvalue weighted by Crippen LogP contribution is 2.39. The highest BCUT2D eigenvalue weighted by molar-refractivity contribution is 8.00. The average molecular weight is 500 g/mol. The summed E-state index contributed by atoms with van der Waals surface area (Å²) in [5.41, 5.74) is 8.53. The molecule has 0 fully saturated rings. The van der Waals surface area contributed by atoms with E-state index in [1.54, 1.807) is 12.1 Å². The van der Waals surface area contributed by atoms with Crippen molar-refractivity contribution in [2.75, 3.05) is 17.9 Å². The molecule has 1 aromatic heterocycles. The van der Waals surface area contributed by atoms with E-state index in [1.807, 2.05) is 79.2 Å². The standard InChI is InChI=1S/C27H25N5O3S/c1-16-9-14-21(17(2)15-16)28-25(33)23-22(18-10-12-20(13-11-18)26(34)35-3)31-32-24(29-30-27(32)36-23)19-7-5-4-6-8-19/h4-15,22-23,31H,1-3H3,(H,28,33)/t22-,23-/m0/s1. The lowest BCUT2D eigenvalue weighted by Crippen LogP contribution is -2.41. The number of nitrogens with one attached hydrogen (secondary N) is 2. The lowest BCUT2D eigenvalue weighted by atomic mass is 10.0. The average Bonchev–Trinajstić information content (AvgIpc) is 3.32. The molecule has 9 heteroatoms. The molecular formula is C27H25N5O3S. The van der Waals surface area contributed by atoms with Gasteiger partial charge in [-0.1, -0.05) is 71.9 Å². The number of aromatic nitrogens is 3. The summed E-state index contributed by atoms with van der Waals surface area (Å²) in [6.45, 7) is 3.99. The molecule has 1 aliphatic rings. The Morgan fingerprint density at radius 1 is 1.00 bits per heavy atom. The van der Waals surface area contributed by atoms with E-state index in [0.717, 1.165) is 27.9 Å². The van der Waals surface area contributed by atoms with Crippen LogP contribution in [0, 0.1) is 13.8 Å². The number of ether oxygens (including phenoxy) is 1. The Balaban J connectivity index is 1.51. The largest absolute Gasteiger partial charge is 0.465 e. The number of benzene rings is 3. The molecular weight excluding hydrogens is 474 g/mol. The topological polar surface area (TPSA) is 98.1 Å². The number of thioether (sulfide) groups is 1. The summed E-state index contributed by atoms with van der Waals surface area (Å²) in [5.74, 6) is 0.0867. The van der Waals surface area contributed by atoms with Crippen LogP contribution in [0.1, 0.15) is 33.1 Å². The minimum atomic E-state index is -0.546. The first-order valence-electron chi connectivity index (χ1n) is 11.4. The number of fused-ring (bicyclic) bond motifs is 1.